The summed E-state index contributed by atoms with van der Waals surface area (Å²) in [5.41, 5.74) is 0. The largest absolute Gasteiger partial charge is 0.382 e. The quantitative estimate of drug-likeness (QED) is 0.710. The third-order valence-corrected chi connectivity index (χ3v) is 4.77. The van der Waals surface area contributed by atoms with Crippen molar-refractivity contribution in [1.82, 2.24) is 5.32 Å². The van der Waals surface area contributed by atoms with Crippen LogP contribution in [0.4, 0.5) is 0 Å². The summed E-state index contributed by atoms with van der Waals surface area (Å²) in [5, 5.41) is 3.36. The Morgan fingerprint density at radius 2 is 2.00 bits per heavy atom. The standard InChI is InChI=1S/C13H20ClNO3S/c1-2-18-10-5-8-15-9-11-19(16,17)13-7-4-3-6-12(13)14/h3-4,6-7,15H,2,5,8-11H2,1H3. The smallest absolute Gasteiger partial charge is 0.181 e. The first-order valence-electron chi connectivity index (χ1n) is 6.33. The minimum Gasteiger partial charge on any atom is -0.382 e. The summed E-state index contributed by atoms with van der Waals surface area (Å²) in [7, 11) is -3.31. The fourth-order valence-electron chi connectivity index (χ4n) is 1.58. The lowest BCUT2D eigenvalue weighted by Crippen LogP contribution is -2.24. The number of hydrogen-bond donors (Lipinski definition) is 1. The van der Waals surface area contributed by atoms with Crippen LogP contribution in [0.15, 0.2) is 29.2 Å². The van der Waals surface area contributed by atoms with Crippen LogP contribution >= 0.6 is 11.6 Å². The fourth-order valence-corrected chi connectivity index (χ4v) is 3.35. The van der Waals surface area contributed by atoms with Gasteiger partial charge < -0.3 is 10.1 Å². The normalized spacial score (nSPS) is 11.7. The Morgan fingerprint density at radius 1 is 1.26 bits per heavy atom. The molecule has 108 valence electrons. The second kappa shape index (κ2) is 8.53. The van der Waals surface area contributed by atoms with Crippen LogP contribution in [0.2, 0.25) is 5.02 Å². The van der Waals surface area contributed by atoms with Gasteiger partial charge in [-0.25, -0.2) is 8.42 Å². The van der Waals surface area contributed by atoms with Gasteiger partial charge in [-0.05, 0) is 32.0 Å². The molecule has 1 N–H and O–H groups in total. The van der Waals surface area contributed by atoms with Crippen LogP contribution in [0.1, 0.15) is 13.3 Å². The summed E-state index contributed by atoms with van der Waals surface area (Å²) >= 11 is 5.89. The maximum Gasteiger partial charge on any atom is 0.181 e. The average molecular weight is 306 g/mol. The Morgan fingerprint density at radius 3 is 2.68 bits per heavy atom. The summed E-state index contributed by atoms with van der Waals surface area (Å²) < 4.78 is 29.3. The Labute approximate surface area is 120 Å². The van der Waals surface area contributed by atoms with Crippen molar-refractivity contribution in [3.63, 3.8) is 0 Å². The molecule has 0 aliphatic carbocycles. The van der Waals surface area contributed by atoms with E-state index in [-0.39, 0.29) is 15.7 Å². The van der Waals surface area contributed by atoms with E-state index in [0.717, 1.165) is 13.0 Å². The van der Waals surface area contributed by atoms with Crippen LogP contribution in [-0.2, 0) is 14.6 Å². The van der Waals surface area contributed by atoms with E-state index in [4.69, 9.17) is 16.3 Å². The van der Waals surface area contributed by atoms with Crippen molar-refractivity contribution in [3.05, 3.63) is 29.3 Å². The molecule has 4 nitrogen and oxygen atoms in total. The van der Waals surface area contributed by atoms with E-state index in [1.807, 2.05) is 6.92 Å². The van der Waals surface area contributed by atoms with Crippen molar-refractivity contribution < 1.29 is 13.2 Å². The second-order valence-electron chi connectivity index (χ2n) is 4.05. The summed E-state index contributed by atoms with van der Waals surface area (Å²) in [6.45, 7) is 4.52. The summed E-state index contributed by atoms with van der Waals surface area (Å²) in [5.74, 6) is 0.0470. The zero-order valence-corrected chi connectivity index (χ0v) is 12.6. The van der Waals surface area contributed by atoms with Gasteiger partial charge in [0, 0.05) is 19.8 Å². The van der Waals surface area contributed by atoms with Crippen LogP contribution in [0.25, 0.3) is 0 Å². The molecule has 0 heterocycles. The summed E-state index contributed by atoms with van der Waals surface area (Å²) in [6, 6.07) is 6.51. The molecule has 0 aliphatic rings. The zero-order valence-electron chi connectivity index (χ0n) is 11.1. The minimum atomic E-state index is -3.31. The number of rotatable bonds is 9. The average Bonchev–Trinajstić information content (AvgIpc) is 2.38. The molecule has 0 aliphatic heterocycles. The van der Waals surface area contributed by atoms with E-state index in [1.165, 1.54) is 6.07 Å². The number of ether oxygens (including phenoxy) is 1. The van der Waals surface area contributed by atoms with Gasteiger partial charge in [-0.3, -0.25) is 0 Å². The van der Waals surface area contributed by atoms with Crippen molar-refractivity contribution in [3.8, 4) is 0 Å². The molecule has 1 aromatic carbocycles. The van der Waals surface area contributed by atoms with Gasteiger partial charge in [0.2, 0.25) is 0 Å². The van der Waals surface area contributed by atoms with Gasteiger partial charge in [-0.2, -0.15) is 0 Å². The molecule has 19 heavy (non-hydrogen) atoms. The lowest BCUT2D eigenvalue weighted by atomic mass is 10.4. The third-order valence-electron chi connectivity index (χ3n) is 2.57. The number of hydrogen-bond acceptors (Lipinski definition) is 4. The lowest BCUT2D eigenvalue weighted by Gasteiger charge is -2.07. The molecule has 0 spiro atoms. The highest BCUT2D eigenvalue weighted by Gasteiger charge is 2.16. The number of nitrogens with one attached hydrogen (secondary N) is 1. The highest BCUT2D eigenvalue weighted by atomic mass is 35.5. The minimum absolute atomic E-state index is 0.0470. The predicted octanol–water partition coefficient (Wildman–Crippen LogP) is 2.13. The molecule has 6 heteroatoms. The first kappa shape index (κ1) is 16.4. The van der Waals surface area contributed by atoms with Gasteiger partial charge in [0.25, 0.3) is 0 Å². The highest BCUT2D eigenvalue weighted by Crippen LogP contribution is 2.21. The van der Waals surface area contributed by atoms with E-state index < -0.39 is 9.84 Å². The fraction of sp³-hybridized carbons (Fsp3) is 0.538. The summed E-state index contributed by atoms with van der Waals surface area (Å²) in [6.07, 6.45) is 0.875. The van der Waals surface area contributed by atoms with Crippen molar-refractivity contribution in [2.24, 2.45) is 0 Å². The molecule has 0 amide bonds. The molecule has 0 unspecified atom stereocenters. The molecule has 0 saturated heterocycles. The molecular formula is C13H20ClNO3S. The van der Waals surface area contributed by atoms with Gasteiger partial charge in [0.05, 0.1) is 15.7 Å². The Balaban J connectivity index is 2.34. The Hall–Kier alpha value is -0.620. The van der Waals surface area contributed by atoms with Gasteiger partial charge in [-0.1, -0.05) is 23.7 Å². The van der Waals surface area contributed by atoms with Crippen molar-refractivity contribution in [2.45, 2.75) is 18.2 Å². The Bertz CT molecular complexity index is 477. The number of benzene rings is 1. The maximum atomic E-state index is 12.0. The van der Waals surface area contributed by atoms with E-state index in [0.29, 0.717) is 19.8 Å². The van der Waals surface area contributed by atoms with Gasteiger partial charge >= 0.3 is 0 Å². The zero-order chi connectivity index (χ0) is 14.1. The molecule has 0 saturated carbocycles. The predicted molar refractivity (Wildman–Crippen MR) is 77.5 cm³/mol. The first-order chi connectivity index (χ1) is 9.08. The molecule has 1 rings (SSSR count). The van der Waals surface area contributed by atoms with Crippen molar-refractivity contribution >= 4 is 21.4 Å². The molecule has 0 atom stereocenters. The van der Waals surface area contributed by atoms with Gasteiger partial charge in [0.15, 0.2) is 9.84 Å². The second-order valence-corrected chi connectivity index (χ2v) is 6.53. The number of halogens is 1. The van der Waals surface area contributed by atoms with E-state index in [9.17, 15) is 8.42 Å². The highest BCUT2D eigenvalue weighted by molar-refractivity contribution is 7.91. The van der Waals surface area contributed by atoms with E-state index >= 15 is 0 Å². The van der Waals surface area contributed by atoms with Crippen molar-refractivity contribution in [1.29, 1.82) is 0 Å². The van der Waals surface area contributed by atoms with Crippen LogP contribution < -0.4 is 5.32 Å². The molecular weight excluding hydrogens is 286 g/mol. The monoisotopic (exact) mass is 305 g/mol. The van der Waals surface area contributed by atoms with E-state index in [1.54, 1.807) is 18.2 Å². The van der Waals surface area contributed by atoms with Gasteiger partial charge in [-0.15, -0.1) is 0 Å². The topological polar surface area (TPSA) is 55.4 Å². The molecule has 0 aromatic heterocycles. The number of sulfone groups is 1. The van der Waals surface area contributed by atoms with Crippen LogP contribution in [0, 0.1) is 0 Å². The molecule has 0 bridgehead atoms. The summed E-state index contributed by atoms with van der Waals surface area (Å²) in [4.78, 5) is 0.202. The molecule has 0 radical (unpaired) electrons. The van der Waals surface area contributed by atoms with Gasteiger partial charge in [0.1, 0.15) is 0 Å². The first-order valence-corrected chi connectivity index (χ1v) is 8.36. The van der Waals surface area contributed by atoms with Crippen molar-refractivity contribution in [2.75, 3.05) is 32.1 Å². The SMILES string of the molecule is CCOCCCNCCS(=O)(=O)c1ccccc1Cl. The lowest BCUT2D eigenvalue weighted by molar-refractivity contribution is 0.145. The van der Waals surface area contributed by atoms with Crippen LogP contribution in [0.5, 0.6) is 0 Å². The maximum absolute atomic E-state index is 12.0. The van der Waals surface area contributed by atoms with Crippen LogP contribution in [0.3, 0.4) is 0 Å². The molecule has 1 aromatic rings. The molecule has 0 fully saturated rings. The van der Waals surface area contributed by atoms with Crippen LogP contribution in [-0.4, -0.2) is 40.5 Å². The third kappa shape index (κ3) is 5.91. The van der Waals surface area contributed by atoms with E-state index in [2.05, 4.69) is 5.32 Å². The Kier molecular flexibility index (Phi) is 7.38.